The molecular formula is C27H28F3N5O2. The van der Waals surface area contributed by atoms with Crippen LogP contribution in [0.2, 0.25) is 0 Å². The van der Waals surface area contributed by atoms with Gasteiger partial charge in [0.25, 0.3) is 5.91 Å². The summed E-state index contributed by atoms with van der Waals surface area (Å²) in [4.78, 5) is 17.2. The van der Waals surface area contributed by atoms with Crippen molar-refractivity contribution in [3.05, 3.63) is 107 Å². The summed E-state index contributed by atoms with van der Waals surface area (Å²) in [5.41, 5.74) is 11.9. The van der Waals surface area contributed by atoms with Crippen LogP contribution in [-0.4, -0.2) is 36.1 Å². The molecule has 3 rings (SSSR count). The van der Waals surface area contributed by atoms with E-state index in [0.29, 0.717) is 23.9 Å². The Morgan fingerprint density at radius 2 is 1.70 bits per heavy atom. The second-order valence-corrected chi connectivity index (χ2v) is 8.07. The van der Waals surface area contributed by atoms with Crippen molar-refractivity contribution in [3.8, 4) is 0 Å². The van der Waals surface area contributed by atoms with Gasteiger partial charge in [0.05, 0.1) is 18.3 Å². The molecule has 0 spiro atoms. The maximum Gasteiger partial charge on any atom is 0.430 e. The standard InChI is InChI=1S/C27H28F3N5O2/c28-27(29,30)24(32)16-23(34-21-10-4-6-18(14-21)17-31)26(37)35-22-11-5-9-20(15-22)25(33-12-13-36)19-7-2-1-3-8-19/h1-11,14-16,25,33,36H,12-13,17,31-32H2,(H,35,37)/b24-16-,34-23?. The number of aliphatic imine (C=N–C) groups is 1. The Morgan fingerprint density at radius 3 is 2.38 bits per heavy atom. The molecule has 0 aliphatic carbocycles. The highest BCUT2D eigenvalue weighted by Crippen LogP contribution is 2.25. The zero-order valence-corrected chi connectivity index (χ0v) is 19.9. The molecule has 0 aliphatic rings. The quantitative estimate of drug-likeness (QED) is 0.264. The summed E-state index contributed by atoms with van der Waals surface area (Å²) in [5.74, 6) is -0.873. The summed E-state index contributed by atoms with van der Waals surface area (Å²) in [6.07, 6.45) is -4.33. The first-order chi connectivity index (χ1) is 17.7. The van der Waals surface area contributed by atoms with Gasteiger partial charge in [0.2, 0.25) is 0 Å². The maximum absolute atomic E-state index is 13.1. The first-order valence-corrected chi connectivity index (χ1v) is 11.4. The molecule has 0 heterocycles. The van der Waals surface area contributed by atoms with Crippen LogP contribution in [0.3, 0.4) is 0 Å². The number of anilines is 1. The van der Waals surface area contributed by atoms with Gasteiger partial charge >= 0.3 is 6.18 Å². The van der Waals surface area contributed by atoms with Crippen molar-refractivity contribution in [1.82, 2.24) is 5.32 Å². The lowest BCUT2D eigenvalue weighted by Crippen LogP contribution is -2.27. The number of aliphatic hydroxyl groups is 1. The van der Waals surface area contributed by atoms with Gasteiger partial charge in [-0.25, -0.2) is 4.99 Å². The van der Waals surface area contributed by atoms with Crippen LogP contribution in [0.4, 0.5) is 24.5 Å². The van der Waals surface area contributed by atoms with Crippen LogP contribution in [0.5, 0.6) is 0 Å². The van der Waals surface area contributed by atoms with E-state index >= 15 is 0 Å². The largest absolute Gasteiger partial charge is 0.430 e. The molecule has 3 aromatic carbocycles. The van der Waals surface area contributed by atoms with E-state index < -0.39 is 23.5 Å². The Balaban J connectivity index is 1.94. The topological polar surface area (TPSA) is 126 Å². The Labute approximate surface area is 212 Å². The molecule has 7 N–H and O–H groups in total. The van der Waals surface area contributed by atoms with Crippen molar-refractivity contribution >= 4 is 23.0 Å². The lowest BCUT2D eigenvalue weighted by molar-refractivity contribution is -0.110. The highest BCUT2D eigenvalue weighted by molar-refractivity contribution is 6.47. The summed E-state index contributed by atoms with van der Waals surface area (Å²) < 4.78 is 39.4. The fourth-order valence-electron chi connectivity index (χ4n) is 3.54. The number of carbonyl (C=O) groups is 1. The van der Waals surface area contributed by atoms with E-state index in [1.807, 2.05) is 36.4 Å². The number of nitrogens with two attached hydrogens (primary N) is 2. The molecule has 0 saturated heterocycles. The molecule has 10 heteroatoms. The third kappa shape index (κ3) is 8.01. The van der Waals surface area contributed by atoms with Gasteiger partial charge in [0.1, 0.15) is 11.4 Å². The second kappa shape index (κ2) is 12.8. The number of rotatable bonds is 10. The van der Waals surface area contributed by atoms with Crippen LogP contribution in [0.1, 0.15) is 22.7 Å². The van der Waals surface area contributed by atoms with E-state index in [2.05, 4.69) is 15.6 Å². The molecule has 3 aromatic rings. The lowest BCUT2D eigenvalue weighted by atomic mass is 9.98. The Kier molecular flexibility index (Phi) is 9.56. The highest BCUT2D eigenvalue weighted by Gasteiger charge is 2.32. The number of aliphatic hydroxyl groups excluding tert-OH is 1. The van der Waals surface area contributed by atoms with Gasteiger partial charge in [-0.2, -0.15) is 13.2 Å². The van der Waals surface area contributed by atoms with Crippen LogP contribution in [0.15, 0.2) is 95.6 Å². The van der Waals surface area contributed by atoms with Crippen molar-refractivity contribution in [3.63, 3.8) is 0 Å². The van der Waals surface area contributed by atoms with Crippen molar-refractivity contribution in [1.29, 1.82) is 0 Å². The maximum atomic E-state index is 13.1. The van der Waals surface area contributed by atoms with E-state index in [4.69, 9.17) is 11.5 Å². The normalized spacial score (nSPS) is 13.3. The number of halogens is 3. The van der Waals surface area contributed by atoms with Gasteiger partial charge in [-0.05, 0) is 47.0 Å². The molecular weight excluding hydrogens is 483 g/mol. The van der Waals surface area contributed by atoms with Gasteiger partial charge in [-0.1, -0.05) is 54.6 Å². The smallest absolute Gasteiger partial charge is 0.395 e. The highest BCUT2D eigenvalue weighted by atomic mass is 19.4. The number of alkyl halides is 3. The molecule has 7 nitrogen and oxygen atoms in total. The van der Waals surface area contributed by atoms with Crippen LogP contribution in [0.25, 0.3) is 0 Å². The predicted octanol–water partition coefficient (Wildman–Crippen LogP) is 3.93. The Bertz CT molecular complexity index is 1260. The molecule has 0 aromatic heterocycles. The number of benzene rings is 3. The summed E-state index contributed by atoms with van der Waals surface area (Å²) in [6, 6.07) is 22.5. The van der Waals surface area contributed by atoms with Crippen molar-refractivity contribution in [2.24, 2.45) is 16.5 Å². The van der Waals surface area contributed by atoms with Crippen molar-refractivity contribution in [2.45, 2.75) is 18.8 Å². The van der Waals surface area contributed by atoms with Crippen molar-refractivity contribution < 1.29 is 23.1 Å². The van der Waals surface area contributed by atoms with E-state index in [0.717, 1.165) is 11.1 Å². The summed E-state index contributed by atoms with van der Waals surface area (Å²) in [5, 5.41) is 15.1. The van der Waals surface area contributed by atoms with E-state index in [1.54, 1.807) is 42.5 Å². The van der Waals surface area contributed by atoms with E-state index in [-0.39, 0.29) is 24.9 Å². The van der Waals surface area contributed by atoms with E-state index in [1.165, 1.54) is 0 Å². The minimum Gasteiger partial charge on any atom is -0.395 e. The van der Waals surface area contributed by atoms with Gasteiger partial charge in [-0.3, -0.25) is 4.79 Å². The molecule has 37 heavy (non-hydrogen) atoms. The fraction of sp³-hybridized carbons (Fsp3) is 0.185. The predicted molar refractivity (Wildman–Crippen MR) is 138 cm³/mol. The Morgan fingerprint density at radius 1 is 1.00 bits per heavy atom. The molecule has 1 atom stereocenters. The van der Waals surface area contributed by atoms with Crippen LogP contribution < -0.4 is 22.1 Å². The van der Waals surface area contributed by atoms with E-state index in [9.17, 15) is 23.1 Å². The minimum atomic E-state index is -4.83. The average Bonchev–Trinajstić information content (AvgIpc) is 2.89. The number of hydrogen-bond donors (Lipinski definition) is 5. The zero-order valence-electron chi connectivity index (χ0n) is 19.9. The van der Waals surface area contributed by atoms with Crippen LogP contribution >= 0.6 is 0 Å². The first kappa shape index (κ1) is 27.6. The third-order valence-electron chi connectivity index (χ3n) is 5.32. The molecule has 194 valence electrons. The Hall–Kier alpha value is -3.99. The van der Waals surface area contributed by atoms with Gasteiger partial charge in [0, 0.05) is 18.8 Å². The number of nitrogens with one attached hydrogen (secondary N) is 2. The summed E-state index contributed by atoms with van der Waals surface area (Å²) in [6.45, 7) is 0.458. The number of amides is 1. The first-order valence-electron chi connectivity index (χ1n) is 11.4. The van der Waals surface area contributed by atoms with Crippen molar-refractivity contribution in [2.75, 3.05) is 18.5 Å². The van der Waals surface area contributed by atoms with Crippen LogP contribution in [-0.2, 0) is 11.3 Å². The monoisotopic (exact) mass is 511 g/mol. The van der Waals surface area contributed by atoms with Gasteiger partial charge in [-0.15, -0.1) is 0 Å². The SMILES string of the molecule is NCc1cccc(N=C(/C=C(\N)C(F)(F)F)C(=O)Nc2cccc(C(NCCO)c3ccccc3)c2)c1. The number of hydrogen-bond acceptors (Lipinski definition) is 6. The minimum absolute atomic E-state index is 0.0715. The number of allylic oxidation sites excluding steroid dienone is 1. The number of nitrogens with zero attached hydrogens (tertiary/aromatic N) is 1. The molecule has 0 saturated carbocycles. The molecule has 0 bridgehead atoms. The molecule has 0 fully saturated rings. The third-order valence-corrected chi connectivity index (χ3v) is 5.32. The van der Waals surface area contributed by atoms with Gasteiger partial charge in [0.15, 0.2) is 0 Å². The fourth-order valence-corrected chi connectivity index (χ4v) is 3.54. The molecule has 0 aliphatic heterocycles. The second-order valence-electron chi connectivity index (χ2n) is 8.07. The lowest BCUT2D eigenvalue weighted by Gasteiger charge is -2.20. The summed E-state index contributed by atoms with van der Waals surface area (Å²) in [7, 11) is 0. The molecule has 1 amide bonds. The average molecular weight is 512 g/mol. The van der Waals surface area contributed by atoms with Crippen LogP contribution in [0, 0.1) is 0 Å². The summed E-state index contributed by atoms with van der Waals surface area (Å²) >= 11 is 0. The number of carbonyl (C=O) groups excluding carboxylic acids is 1. The molecule has 0 radical (unpaired) electrons. The molecule has 1 unspecified atom stereocenters. The zero-order chi connectivity index (χ0) is 26.8. The van der Waals surface area contributed by atoms with Gasteiger partial charge < -0.3 is 27.2 Å².